The first-order valence-corrected chi connectivity index (χ1v) is 8.27. The van der Waals surface area contributed by atoms with Crippen molar-refractivity contribution in [2.75, 3.05) is 6.54 Å². The van der Waals surface area contributed by atoms with Crippen molar-refractivity contribution in [2.45, 2.75) is 46.1 Å². The number of benzene rings is 1. The van der Waals surface area contributed by atoms with Crippen LogP contribution in [0.3, 0.4) is 0 Å². The largest absolute Gasteiger partial charge is 0.459 e. The summed E-state index contributed by atoms with van der Waals surface area (Å²) in [7, 11) is 0. The van der Waals surface area contributed by atoms with Gasteiger partial charge < -0.3 is 9.73 Å². The van der Waals surface area contributed by atoms with Crippen molar-refractivity contribution in [3.63, 3.8) is 0 Å². The molecule has 0 spiro atoms. The zero-order chi connectivity index (χ0) is 14.3. The molecule has 2 nitrogen and oxygen atoms in total. The molecule has 1 aromatic heterocycles. The number of fused-ring (bicyclic) bond motifs is 1. The van der Waals surface area contributed by atoms with E-state index in [-0.39, 0.29) is 0 Å². The standard InChI is InChI=1S/C17H22BrNO/c1-10(2)8-19-9-15-16(12-4-5-12)14-7-13(18)6-11(3)17(14)20-15/h6-7,10,12,19H,4-5,8-9H2,1-3H3. The quantitative estimate of drug-likeness (QED) is 0.819. The molecule has 20 heavy (non-hydrogen) atoms. The van der Waals surface area contributed by atoms with Crippen LogP contribution in [0.25, 0.3) is 11.0 Å². The zero-order valence-corrected chi connectivity index (χ0v) is 14.0. The third-order valence-electron chi connectivity index (χ3n) is 3.88. The van der Waals surface area contributed by atoms with Crippen LogP contribution in [0, 0.1) is 12.8 Å². The van der Waals surface area contributed by atoms with Crippen LogP contribution >= 0.6 is 15.9 Å². The SMILES string of the molecule is Cc1cc(Br)cc2c(C3CC3)c(CNCC(C)C)oc12. The highest BCUT2D eigenvalue weighted by Crippen LogP contribution is 2.47. The molecule has 1 fully saturated rings. The highest BCUT2D eigenvalue weighted by Gasteiger charge is 2.31. The molecule has 0 radical (unpaired) electrons. The first kappa shape index (κ1) is 14.2. The fraction of sp³-hybridized carbons (Fsp3) is 0.529. The fourth-order valence-corrected chi connectivity index (χ4v) is 3.39. The molecule has 0 bridgehead atoms. The van der Waals surface area contributed by atoms with E-state index in [1.165, 1.54) is 29.4 Å². The van der Waals surface area contributed by atoms with Gasteiger partial charge in [-0.1, -0.05) is 29.8 Å². The van der Waals surface area contributed by atoms with E-state index in [0.29, 0.717) is 11.8 Å². The summed E-state index contributed by atoms with van der Waals surface area (Å²) < 4.78 is 7.33. The Morgan fingerprint density at radius 1 is 1.35 bits per heavy atom. The Kier molecular flexibility index (Phi) is 3.91. The molecule has 0 atom stereocenters. The van der Waals surface area contributed by atoms with Gasteiger partial charge in [0.2, 0.25) is 0 Å². The highest BCUT2D eigenvalue weighted by atomic mass is 79.9. The fourth-order valence-electron chi connectivity index (χ4n) is 2.82. The van der Waals surface area contributed by atoms with Crippen LogP contribution in [0.4, 0.5) is 0 Å². The number of nitrogens with one attached hydrogen (secondary N) is 1. The maximum atomic E-state index is 6.18. The molecule has 0 unspecified atom stereocenters. The predicted octanol–water partition coefficient (Wildman–Crippen LogP) is 5.13. The Morgan fingerprint density at radius 3 is 2.75 bits per heavy atom. The second kappa shape index (κ2) is 5.53. The summed E-state index contributed by atoms with van der Waals surface area (Å²) in [5.41, 5.74) is 3.73. The van der Waals surface area contributed by atoms with E-state index in [9.17, 15) is 0 Å². The summed E-state index contributed by atoms with van der Waals surface area (Å²) in [5, 5.41) is 4.82. The second-order valence-electron chi connectivity index (χ2n) is 6.34. The summed E-state index contributed by atoms with van der Waals surface area (Å²) >= 11 is 3.61. The highest BCUT2D eigenvalue weighted by molar-refractivity contribution is 9.10. The van der Waals surface area contributed by atoms with Crippen LogP contribution in [-0.2, 0) is 6.54 Å². The van der Waals surface area contributed by atoms with Crippen LogP contribution in [0.2, 0.25) is 0 Å². The lowest BCUT2D eigenvalue weighted by Crippen LogP contribution is -2.19. The second-order valence-corrected chi connectivity index (χ2v) is 7.25. The van der Waals surface area contributed by atoms with E-state index in [2.05, 4.69) is 54.2 Å². The molecular weight excluding hydrogens is 314 g/mol. The summed E-state index contributed by atoms with van der Waals surface area (Å²) in [4.78, 5) is 0. The number of hydrogen-bond donors (Lipinski definition) is 1. The Hall–Kier alpha value is -0.800. The maximum absolute atomic E-state index is 6.18. The van der Waals surface area contributed by atoms with Gasteiger partial charge in [-0.15, -0.1) is 0 Å². The molecule has 0 amide bonds. The van der Waals surface area contributed by atoms with Gasteiger partial charge in [-0.3, -0.25) is 0 Å². The predicted molar refractivity (Wildman–Crippen MR) is 87.2 cm³/mol. The van der Waals surface area contributed by atoms with Crippen LogP contribution in [0.5, 0.6) is 0 Å². The summed E-state index contributed by atoms with van der Waals surface area (Å²) in [6.45, 7) is 8.46. The molecule has 108 valence electrons. The van der Waals surface area contributed by atoms with Gasteiger partial charge in [0.25, 0.3) is 0 Å². The average Bonchev–Trinajstić information content (AvgIpc) is 3.12. The number of halogens is 1. The first-order valence-electron chi connectivity index (χ1n) is 7.48. The van der Waals surface area contributed by atoms with Gasteiger partial charge in [0, 0.05) is 15.4 Å². The topological polar surface area (TPSA) is 25.2 Å². The van der Waals surface area contributed by atoms with Crippen molar-refractivity contribution in [3.8, 4) is 0 Å². The number of aryl methyl sites for hydroxylation is 1. The lowest BCUT2D eigenvalue weighted by atomic mass is 10.0. The van der Waals surface area contributed by atoms with E-state index in [1.54, 1.807) is 0 Å². The minimum Gasteiger partial charge on any atom is -0.459 e. The van der Waals surface area contributed by atoms with Gasteiger partial charge in [-0.2, -0.15) is 0 Å². The van der Waals surface area contributed by atoms with Crippen molar-refractivity contribution in [2.24, 2.45) is 5.92 Å². The molecule has 0 saturated heterocycles. The minimum atomic E-state index is 0.666. The molecular formula is C17H22BrNO. The van der Waals surface area contributed by atoms with Gasteiger partial charge >= 0.3 is 0 Å². The van der Waals surface area contributed by atoms with Gasteiger partial charge in [-0.25, -0.2) is 0 Å². The van der Waals surface area contributed by atoms with E-state index < -0.39 is 0 Å². The third-order valence-corrected chi connectivity index (χ3v) is 4.34. The van der Waals surface area contributed by atoms with Crippen molar-refractivity contribution in [1.29, 1.82) is 0 Å². The van der Waals surface area contributed by atoms with Gasteiger partial charge in [0.15, 0.2) is 0 Å². The molecule has 1 aromatic carbocycles. The van der Waals surface area contributed by atoms with E-state index in [1.807, 2.05) is 0 Å². The van der Waals surface area contributed by atoms with Crippen molar-refractivity contribution < 1.29 is 4.42 Å². The lowest BCUT2D eigenvalue weighted by Gasteiger charge is -2.07. The van der Waals surface area contributed by atoms with Crippen LogP contribution in [0.1, 0.15) is 49.5 Å². The first-order chi connectivity index (χ1) is 9.56. The number of furan rings is 1. The molecule has 2 aromatic rings. The molecule has 1 aliphatic rings. The monoisotopic (exact) mass is 335 g/mol. The average molecular weight is 336 g/mol. The van der Waals surface area contributed by atoms with Crippen molar-refractivity contribution >= 4 is 26.9 Å². The maximum Gasteiger partial charge on any atom is 0.137 e. The Morgan fingerprint density at radius 2 is 2.10 bits per heavy atom. The lowest BCUT2D eigenvalue weighted by molar-refractivity contribution is 0.480. The van der Waals surface area contributed by atoms with Crippen molar-refractivity contribution in [1.82, 2.24) is 5.32 Å². The van der Waals surface area contributed by atoms with E-state index in [0.717, 1.165) is 28.9 Å². The van der Waals surface area contributed by atoms with Gasteiger partial charge in [0.1, 0.15) is 11.3 Å². The normalized spacial score (nSPS) is 15.4. The minimum absolute atomic E-state index is 0.666. The molecule has 3 rings (SSSR count). The zero-order valence-electron chi connectivity index (χ0n) is 12.4. The molecule has 1 aliphatic carbocycles. The van der Waals surface area contributed by atoms with Gasteiger partial charge in [0.05, 0.1) is 6.54 Å². The van der Waals surface area contributed by atoms with Crippen molar-refractivity contribution in [3.05, 3.63) is 33.5 Å². The molecule has 1 heterocycles. The Labute approximate surface area is 129 Å². The number of hydrogen-bond acceptors (Lipinski definition) is 2. The summed E-state index contributed by atoms with van der Waals surface area (Å²) in [6, 6.07) is 4.35. The van der Waals surface area contributed by atoms with E-state index in [4.69, 9.17) is 4.42 Å². The Balaban J connectivity index is 1.98. The van der Waals surface area contributed by atoms with E-state index >= 15 is 0 Å². The molecule has 3 heteroatoms. The summed E-state index contributed by atoms with van der Waals surface area (Å²) in [6.07, 6.45) is 2.61. The smallest absolute Gasteiger partial charge is 0.137 e. The van der Waals surface area contributed by atoms with Crippen LogP contribution in [0.15, 0.2) is 21.0 Å². The van der Waals surface area contributed by atoms with Crippen LogP contribution < -0.4 is 5.32 Å². The summed E-state index contributed by atoms with van der Waals surface area (Å²) in [5.74, 6) is 2.52. The number of rotatable bonds is 5. The molecule has 0 aliphatic heterocycles. The Bertz CT molecular complexity index is 625. The van der Waals surface area contributed by atoms with Crippen LogP contribution in [-0.4, -0.2) is 6.54 Å². The third kappa shape index (κ3) is 2.79. The molecule has 1 saturated carbocycles. The molecule has 1 N–H and O–H groups in total. The van der Waals surface area contributed by atoms with Gasteiger partial charge in [-0.05, 0) is 55.8 Å².